The third kappa shape index (κ3) is 4.03. The lowest BCUT2D eigenvalue weighted by atomic mass is 10.2. The first-order valence-corrected chi connectivity index (χ1v) is 5.98. The Bertz CT molecular complexity index is 537. The van der Waals surface area contributed by atoms with Crippen molar-refractivity contribution in [2.24, 2.45) is 0 Å². The van der Waals surface area contributed by atoms with Crippen LogP contribution in [-0.2, 0) is 13.2 Å². The van der Waals surface area contributed by atoms with Gasteiger partial charge >= 0.3 is 0 Å². The lowest BCUT2D eigenvalue weighted by Crippen LogP contribution is -2.05. The van der Waals surface area contributed by atoms with Gasteiger partial charge in [0.15, 0.2) is 0 Å². The highest BCUT2D eigenvalue weighted by atomic mass is 19.1. The van der Waals surface area contributed by atoms with Gasteiger partial charge in [-0.2, -0.15) is 0 Å². The van der Waals surface area contributed by atoms with E-state index in [0.717, 1.165) is 18.2 Å². The van der Waals surface area contributed by atoms with Crippen molar-refractivity contribution >= 4 is 0 Å². The Morgan fingerprint density at radius 3 is 2.42 bits per heavy atom. The quantitative estimate of drug-likeness (QED) is 0.894. The molecule has 2 aromatic rings. The fraction of sp³-hybridized carbons (Fsp3) is 0.200. The highest BCUT2D eigenvalue weighted by Crippen LogP contribution is 2.16. The van der Waals surface area contributed by atoms with E-state index < -0.39 is 11.6 Å². The van der Waals surface area contributed by atoms with Crippen molar-refractivity contribution in [1.29, 1.82) is 0 Å². The molecular formula is C15H15F2NO. The first-order valence-electron chi connectivity index (χ1n) is 5.98. The zero-order valence-corrected chi connectivity index (χ0v) is 10.6. The fourth-order valence-electron chi connectivity index (χ4n) is 1.81. The van der Waals surface area contributed by atoms with Crippen molar-refractivity contribution in [3.63, 3.8) is 0 Å². The van der Waals surface area contributed by atoms with Crippen LogP contribution in [0.2, 0.25) is 0 Å². The summed E-state index contributed by atoms with van der Waals surface area (Å²) in [6.45, 7) is 0.878. The van der Waals surface area contributed by atoms with Crippen LogP contribution in [-0.4, -0.2) is 7.05 Å². The minimum Gasteiger partial charge on any atom is -0.489 e. The van der Waals surface area contributed by atoms with Gasteiger partial charge in [-0.25, -0.2) is 8.78 Å². The molecule has 2 nitrogen and oxygen atoms in total. The average molecular weight is 263 g/mol. The van der Waals surface area contributed by atoms with E-state index in [-0.39, 0.29) is 6.61 Å². The zero-order valence-electron chi connectivity index (χ0n) is 10.6. The van der Waals surface area contributed by atoms with Crippen molar-refractivity contribution in [3.8, 4) is 5.75 Å². The standard InChI is InChI=1S/C15H15F2NO/c1-18-9-11-3-2-4-15(7-11)19-10-12-5-13(16)8-14(17)6-12/h2-8,18H,9-10H2,1H3. The van der Waals surface area contributed by atoms with Gasteiger partial charge < -0.3 is 10.1 Å². The predicted molar refractivity (Wildman–Crippen MR) is 69.9 cm³/mol. The summed E-state index contributed by atoms with van der Waals surface area (Å²) in [6.07, 6.45) is 0. The lowest BCUT2D eigenvalue weighted by Gasteiger charge is -2.08. The summed E-state index contributed by atoms with van der Waals surface area (Å²) < 4.78 is 31.6. The maximum atomic E-state index is 13.0. The zero-order chi connectivity index (χ0) is 13.7. The largest absolute Gasteiger partial charge is 0.489 e. The van der Waals surface area contributed by atoms with Crippen LogP contribution < -0.4 is 10.1 Å². The summed E-state index contributed by atoms with van der Waals surface area (Å²) in [5.41, 5.74) is 1.56. The maximum absolute atomic E-state index is 13.0. The van der Waals surface area contributed by atoms with E-state index in [4.69, 9.17) is 4.74 Å². The van der Waals surface area contributed by atoms with Gasteiger partial charge in [0.25, 0.3) is 0 Å². The summed E-state index contributed by atoms with van der Waals surface area (Å²) in [4.78, 5) is 0. The van der Waals surface area contributed by atoms with Crippen molar-refractivity contribution < 1.29 is 13.5 Å². The van der Waals surface area contributed by atoms with Crippen LogP contribution >= 0.6 is 0 Å². The second-order valence-corrected chi connectivity index (χ2v) is 4.24. The molecule has 0 fully saturated rings. The minimum atomic E-state index is -0.595. The Morgan fingerprint density at radius 1 is 1.00 bits per heavy atom. The third-order valence-electron chi connectivity index (χ3n) is 2.61. The van der Waals surface area contributed by atoms with Crippen LogP contribution in [0, 0.1) is 11.6 Å². The molecule has 0 atom stereocenters. The number of rotatable bonds is 5. The third-order valence-corrected chi connectivity index (χ3v) is 2.61. The van der Waals surface area contributed by atoms with Gasteiger partial charge in [0.05, 0.1) is 0 Å². The molecule has 19 heavy (non-hydrogen) atoms. The Hall–Kier alpha value is -1.94. The molecule has 0 amide bonds. The summed E-state index contributed by atoms with van der Waals surface area (Å²) in [6, 6.07) is 10.9. The Kier molecular flexibility index (Phi) is 4.47. The van der Waals surface area contributed by atoms with Crippen molar-refractivity contribution in [2.45, 2.75) is 13.2 Å². The molecule has 0 saturated heterocycles. The molecule has 100 valence electrons. The van der Waals surface area contributed by atoms with E-state index >= 15 is 0 Å². The Labute approximate surface area is 111 Å². The van der Waals surface area contributed by atoms with Crippen LogP contribution in [0.15, 0.2) is 42.5 Å². The van der Waals surface area contributed by atoms with Crippen LogP contribution in [0.3, 0.4) is 0 Å². The topological polar surface area (TPSA) is 21.3 Å². The van der Waals surface area contributed by atoms with Gasteiger partial charge in [-0.15, -0.1) is 0 Å². The molecule has 0 bridgehead atoms. The average Bonchev–Trinajstić information content (AvgIpc) is 2.36. The lowest BCUT2D eigenvalue weighted by molar-refractivity contribution is 0.304. The number of halogens is 2. The van der Waals surface area contributed by atoms with Crippen molar-refractivity contribution in [3.05, 3.63) is 65.2 Å². The molecule has 0 aliphatic rings. The molecule has 2 aromatic carbocycles. The van der Waals surface area contributed by atoms with Crippen molar-refractivity contribution in [1.82, 2.24) is 5.32 Å². The van der Waals surface area contributed by atoms with E-state index in [1.54, 1.807) is 0 Å². The molecule has 0 aromatic heterocycles. The highest BCUT2D eigenvalue weighted by molar-refractivity contribution is 5.29. The van der Waals surface area contributed by atoms with E-state index in [2.05, 4.69) is 5.32 Å². The molecule has 0 spiro atoms. The van der Waals surface area contributed by atoms with Crippen LogP contribution in [0.1, 0.15) is 11.1 Å². The van der Waals surface area contributed by atoms with E-state index in [9.17, 15) is 8.78 Å². The van der Waals surface area contributed by atoms with Gasteiger partial charge in [-0.3, -0.25) is 0 Å². The second-order valence-electron chi connectivity index (χ2n) is 4.24. The molecule has 4 heteroatoms. The first-order chi connectivity index (χ1) is 9.17. The molecular weight excluding hydrogens is 248 g/mol. The Morgan fingerprint density at radius 2 is 1.74 bits per heavy atom. The van der Waals surface area contributed by atoms with Crippen LogP contribution in [0.25, 0.3) is 0 Å². The molecule has 0 saturated carbocycles. The van der Waals surface area contributed by atoms with Gasteiger partial charge in [-0.05, 0) is 42.4 Å². The predicted octanol–water partition coefficient (Wildman–Crippen LogP) is 3.26. The van der Waals surface area contributed by atoms with Crippen molar-refractivity contribution in [2.75, 3.05) is 7.05 Å². The summed E-state index contributed by atoms with van der Waals surface area (Å²) in [5.74, 6) is -0.512. The van der Waals surface area contributed by atoms with Crippen LogP contribution in [0.5, 0.6) is 5.75 Å². The smallest absolute Gasteiger partial charge is 0.126 e. The summed E-state index contributed by atoms with van der Waals surface area (Å²) in [7, 11) is 1.86. The normalized spacial score (nSPS) is 10.5. The molecule has 0 heterocycles. The van der Waals surface area contributed by atoms with Gasteiger partial charge in [0, 0.05) is 12.6 Å². The monoisotopic (exact) mass is 263 g/mol. The summed E-state index contributed by atoms with van der Waals surface area (Å²) in [5, 5.41) is 3.05. The molecule has 1 N–H and O–H groups in total. The molecule has 0 aliphatic carbocycles. The number of nitrogens with one attached hydrogen (secondary N) is 1. The first kappa shape index (κ1) is 13.5. The van der Waals surface area contributed by atoms with E-state index in [0.29, 0.717) is 11.3 Å². The van der Waals surface area contributed by atoms with Gasteiger partial charge in [0.1, 0.15) is 24.0 Å². The maximum Gasteiger partial charge on any atom is 0.126 e. The van der Waals surface area contributed by atoms with Crippen LogP contribution in [0.4, 0.5) is 8.78 Å². The van der Waals surface area contributed by atoms with Gasteiger partial charge in [-0.1, -0.05) is 12.1 Å². The number of hydrogen-bond donors (Lipinski definition) is 1. The Balaban J connectivity index is 2.03. The second kappa shape index (κ2) is 6.29. The minimum absolute atomic E-state index is 0.137. The highest BCUT2D eigenvalue weighted by Gasteiger charge is 2.02. The van der Waals surface area contributed by atoms with E-state index in [1.807, 2.05) is 31.3 Å². The molecule has 0 aliphatic heterocycles. The van der Waals surface area contributed by atoms with Gasteiger partial charge in [0.2, 0.25) is 0 Å². The number of benzene rings is 2. The van der Waals surface area contributed by atoms with E-state index in [1.165, 1.54) is 12.1 Å². The number of ether oxygens (including phenoxy) is 1. The summed E-state index contributed by atoms with van der Waals surface area (Å²) >= 11 is 0. The molecule has 0 unspecified atom stereocenters. The molecule has 0 radical (unpaired) electrons. The number of hydrogen-bond acceptors (Lipinski definition) is 2. The molecule has 2 rings (SSSR count). The fourth-order valence-corrected chi connectivity index (χ4v) is 1.81. The SMILES string of the molecule is CNCc1cccc(OCc2cc(F)cc(F)c2)c1.